The predicted octanol–water partition coefficient (Wildman–Crippen LogP) is 5.22. The molecule has 1 aliphatic heterocycles. The Balaban J connectivity index is 1.37. The van der Waals surface area contributed by atoms with Gasteiger partial charge in [0, 0.05) is 29.6 Å². The molecule has 5 rings (SSSR count). The van der Waals surface area contributed by atoms with Gasteiger partial charge >= 0.3 is 0 Å². The first-order valence-corrected chi connectivity index (χ1v) is 13.1. The van der Waals surface area contributed by atoms with Gasteiger partial charge in [-0.25, -0.2) is 0 Å². The number of carbonyl (C=O) groups excluding carboxylic acids is 2. The molecule has 0 bridgehead atoms. The van der Waals surface area contributed by atoms with Crippen molar-refractivity contribution < 1.29 is 27.8 Å². The maximum absolute atomic E-state index is 15.1. The van der Waals surface area contributed by atoms with Gasteiger partial charge < -0.3 is 19.7 Å². The Hall–Kier alpha value is -5.08. The van der Waals surface area contributed by atoms with Crippen LogP contribution in [0.2, 0.25) is 0 Å². The molecule has 9 nitrogen and oxygen atoms in total. The van der Waals surface area contributed by atoms with Gasteiger partial charge in [0.15, 0.2) is 0 Å². The number of amides is 2. The van der Waals surface area contributed by atoms with Gasteiger partial charge in [0.25, 0.3) is 17.7 Å². The molecule has 0 saturated carbocycles. The Bertz CT molecular complexity index is 1650. The molecule has 1 aliphatic rings. The summed E-state index contributed by atoms with van der Waals surface area (Å²) in [5.74, 6) is -3.93. The molecule has 2 heterocycles. The molecule has 1 unspecified atom stereocenters. The molecule has 2 amide bonds. The highest BCUT2D eigenvalue weighted by Crippen LogP contribution is 2.37. The van der Waals surface area contributed by atoms with Crippen LogP contribution in [0, 0.1) is 11.3 Å². The van der Waals surface area contributed by atoms with Gasteiger partial charge in [0.2, 0.25) is 0 Å². The van der Waals surface area contributed by atoms with Gasteiger partial charge in [-0.2, -0.15) is 19.1 Å². The van der Waals surface area contributed by atoms with Crippen LogP contribution in [0.5, 0.6) is 5.75 Å². The maximum Gasteiger partial charge on any atom is 0.298 e. The Morgan fingerprint density at radius 1 is 1.10 bits per heavy atom. The summed E-state index contributed by atoms with van der Waals surface area (Å²) in [6, 6.07) is 19.4. The van der Waals surface area contributed by atoms with Crippen molar-refractivity contribution in [3.8, 4) is 11.8 Å². The number of nitrogens with one attached hydrogen (secondary N) is 1. The second-order valence-corrected chi connectivity index (χ2v) is 9.72. The zero-order valence-electron chi connectivity index (χ0n) is 22.9. The zero-order chi connectivity index (χ0) is 29.9. The van der Waals surface area contributed by atoms with Crippen LogP contribution in [0.1, 0.15) is 44.5 Å². The lowest BCUT2D eigenvalue weighted by molar-refractivity contribution is 0.0428. The lowest BCUT2D eigenvalue weighted by Gasteiger charge is -2.34. The molecule has 3 aromatic carbocycles. The van der Waals surface area contributed by atoms with Crippen molar-refractivity contribution >= 4 is 23.2 Å². The van der Waals surface area contributed by atoms with Crippen molar-refractivity contribution in [1.29, 1.82) is 5.26 Å². The molecule has 4 aromatic rings. The van der Waals surface area contributed by atoms with Crippen molar-refractivity contribution in [2.45, 2.75) is 25.4 Å². The first kappa shape index (κ1) is 28.4. The summed E-state index contributed by atoms with van der Waals surface area (Å²) in [4.78, 5) is 28.4. The average molecular weight is 572 g/mol. The summed E-state index contributed by atoms with van der Waals surface area (Å²) in [5.41, 5.74) is 0.757. The molecule has 0 saturated heterocycles. The molecule has 1 atom stereocenters. The fraction of sp³-hybridized carbons (Fsp3) is 0.226. The third-order valence-electron chi connectivity index (χ3n) is 6.93. The number of nitrogens with zero attached hydrogens (tertiary/aromatic N) is 4. The van der Waals surface area contributed by atoms with E-state index in [0.717, 1.165) is 0 Å². The van der Waals surface area contributed by atoms with Crippen LogP contribution >= 0.6 is 0 Å². The Labute approximate surface area is 240 Å². The van der Waals surface area contributed by atoms with Crippen LogP contribution in [-0.4, -0.2) is 48.0 Å². The van der Waals surface area contributed by atoms with Crippen molar-refractivity contribution in [3.63, 3.8) is 0 Å². The lowest BCUT2D eigenvalue weighted by atomic mass is 9.99. The molecule has 42 heavy (non-hydrogen) atoms. The van der Waals surface area contributed by atoms with E-state index >= 15 is 8.78 Å². The van der Waals surface area contributed by atoms with Crippen LogP contribution in [0.3, 0.4) is 0 Å². The van der Waals surface area contributed by atoms with E-state index in [1.165, 1.54) is 65.4 Å². The first-order chi connectivity index (χ1) is 20.2. The highest BCUT2D eigenvalue weighted by Gasteiger charge is 2.37. The third-order valence-corrected chi connectivity index (χ3v) is 6.93. The number of carbonyl (C=O) groups is 2. The predicted molar refractivity (Wildman–Crippen MR) is 151 cm³/mol. The molecule has 0 fully saturated rings. The van der Waals surface area contributed by atoms with E-state index in [4.69, 9.17) is 9.47 Å². The second kappa shape index (κ2) is 11.8. The standard InChI is InChI=1S/C31H27F2N5O4/c1-20-19-37-28(26(18-35-37)29(39)36-24-10-13-27(21(16-24)17-34)42-15-14-41-2)30(40)38(20)25-11-8-23(9-12-25)31(32,33)22-6-4-3-5-7-22/h3-13,16,18,20H,14-15,19H2,1-2H3,(H,36,39). The van der Waals surface area contributed by atoms with Crippen LogP contribution in [0.4, 0.5) is 20.2 Å². The minimum atomic E-state index is -3.21. The lowest BCUT2D eigenvalue weighted by Crippen LogP contribution is -2.47. The number of ether oxygens (including phenoxy) is 2. The van der Waals surface area contributed by atoms with Gasteiger partial charge in [-0.3, -0.25) is 14.3 Å². The van der Waals surface area contributed by atoms with E-state index in [1.807, 2.05) is 13.0 Å². The molecule has 0 spiro atoms. The smallest absolute Gasteiger partial charge is 0.298 e. The maximum atomic E-state index is 15.1. The van der Waals surface area contributed by atoms with Gasteiger partial charge in [0.1, 0.15) is 24.1 Å². The molecule has 0 aliphatic carbocycles. The van der Waals surface area contributed by atoms with Crippen molar-refractivity contribution in [3.05, 3.63) is 107 Å². The van der Waals surface area contributed by atoms with Crippen LogP contribution in [-0.2, 0) is 17.2 Å². The number of hydrogen-bond donors (Lipinski definition) is 1. The first-order valence-electron chi connectivity index (χ1n) is 13.1. The molecule has 214 valence electrons. The van der Waals surface area contributed by atoms with E-state index < -0.39 is 17.7 Å². The van der Waals surface area contributed by atoms with E-state index in [0.29, 0.717) is 30.3 Å². The topological polar surface area (TPSA) is 109 Å². The van der Waals surface area contributed by atoms with Gasteiger partial charge in [-0.15, -0.1) is 0 Å². The van der Waals surface area contributed by atoms with E-state index in [-0.39, 0.29) is 40.6 Å². The van der Waals surface area contributed by atoms with E-state index in [9.17, 15) is 14.9 Å². The third kappa shape index (κ3) is 5.44. The number of aromatic nitrogens is 2. The van der Waals surface area contributed by atoms with Crippen molar-refractivity contribution in [1.82, 2.24) is 9.78 Å². The number of methoxy groups -OCH3 is 1. The summed E-state index contributed by atoms with van der Waals surface area (Å²) in [6.45, 7) is 2.72. The Morgan fingerprint density at radius 2 is 1.81 bits per heavy atom. The number of anilines is 2. The van der Waals surface area contributed by atoms with Gasteiger partial charge in [0.05, 0.1) is 36.5 Å². The normalized spacial score (nSPS) is 14.7. The summed E-state index contributed by atoms with van der Waals surface area (Å²) in [5, 5.41) is 16.5. The van der Waals surface area contributed by atoms with Crippen LogP contribution < -0.4 is 15.0 Å². The monoisotopic (exact) mass is 571 g/mol. The zero-order valence-corrected chi connectivity index (χ0v) is 22.9. The van der Waals surface area contributed by atoms with E-state index in [2.05, 4.69) is 10.4 Å². The number of fused-ring (bicyclic) bond motifs is 1. The molecular formula is C31H27F2N5O4. The largest absolute Gasteiger partial charge is 0.490 e. The highest BCUT2D eigenvalue weighted by atomic mass is 19.3. The average Bonchev–Trinajstić information content (AvgIpc) is 3.43. The molecular weight excluding hydrogens is 544 g/mol. The number of rotatable bonds is 9. The Morgan fingerprint density at radius 3 is 2.50 bits per heavy atom. The number of halogens is 2. The van der Waals surface area contributed by atoms with E-state index in [1.54, 1.807) is 30.3 Å². The summed E-state index contributed by atoms with van der Waals surface area (Å²) in [6.07, 6.45) is 1.32. The van der Waals surface area contributed by atoms with Crippen LogP contribution in [0.15, 0.2) is 79.0 Å². The molecule has 0 radical (unpaired) electrons. The Kier molecular flexibility index (Phi) is 7.99. The number of benzene rings is 3. The number of alkyl halides is 2. The minimum absolute atomic E-state index is 0.0445. The molecule has 11 heteroatoms. The van der Waals surface area contributed by atoms with Gasteiger partial charge in [-0.1, -0.05) is 42.5 Å². The SMILES string of the molecule is COCCOc1ccc(NC(=O)c2cnn3c2C(=O)N(c2ccc(C(F)(F)c4ccccc4)cc2)C(C)C3)cc1C#N. The summed E-state index contributed by atoms with van der Waals surface area (Å²) in [7, 11) is 1.54. The van der Waals surface area contributed by atoms with Gasteiger partial charge in [-0.05, 0) is 37.3 Å². The fourth-order valence-electron chi connectivity index (χ4n) is 4.83. The van der Waals surface area contributed by atoms with Crippen LogP contribution in [0.25, 0.3) is 0 Å². The molecule has 1 aromatic heterocycles. The minimum Gasteiger partial charge on any atom is -0.490 e. The highest BCUT2D eigenvalue weighted by molar-refractivity contribution is 6.15. The fourth-order valence-corrected chi connectivity index (χ4v) is 4.83. The number of nitriles is 1. The summed E-state index contributed by atoms with van der Waals surface area (Å²) >= 11 is 0. The van der Waals surface area contributed by atoms with Crippen molar-refractivity contribution in [2.24, 2.45) is 0 Å². The van der Waals surface area contributed by atoms with Crippen molar-refractivity contribution in [2.75, 3.05) is 30.5 Å². The quantitative estimate of drug-likeness (QED) is 0.276. The molecule has 1 N–H and O–H groups in total. The summed E-state index contributed by atoms with van der Waals surface area (Å²) < 4.78 is 42.1. The number of hydrogen-bond acceptors (Lipinski definition) is 6. The second-order valence-electron chi connectivity index (χ2n) is 9.72.